The van der Waals surface area contributed by atoms with E-state index in [0.29, 0.717) is 37.7 Å². The molecule has 0 spiro atoms. The number of guanidine groups is 1. The SMILES string of the molecule is CCNC(=O)c1cccc(CN=C(NCC)NCC(O)c2cccc(OC(C)C)c2)c1. The van der Waals surface area contributed by atoms with Crippen molar-refractivity contribution in [1.29, 1.82) is 0 Å². The Bertz CT molecular complexity index is 867. The number of carbonyl (C=O) groups is 1. The molecule has 0 saturated heterocycles. The third-order valence-corrected chi connectivity index (χ3v) is 4.37. The van der Waals surface area contributed by atoms with E-state index in [1.807, 2.05) is 70.2 Å². The van der Waals surface area contributed by atoms with Gasteiger partial charge in [-0.3, -0.25) is 4.79 Å². The van der Waals surface area contributed by atoms with E-state index in [9.17, 15) is 9.90 Å². The smallest absolute Gasteiger partial charge is 0.251 e. The van der Waals surface area contributed by atoms with Gasteiger partial charge in [0.15, 0.2) is 5.96 Å². The molecule has 1 unspecified atom stereocenters. The summed E-state index contributed by atoms with van der Waals surface area (Å²) in [6, 6.07) is 14.9. The van der Waals surface area contributed by atoms with Gasteiger partial charge in [-0.2, -0.15) is 0 Å². The van der Waals surface area contributed by atoms with Crippen molar-refractivity contribution >= 4 is 11.9 Å². The van der Waals surface area contributed by atoms with Crippen LogP contribution in [-0.4, -0.2) is 42.7 Å². The summed E-state index contributed by atoms with van der Waals surface area (Å²) >= 11 is 0. The average molecular weight is 427 g/mol. The van der Waals surface area contributed by atoms with E-state index in [1.165, 1.54) is 0 Å². The molecular formula is C24H34N4O3. The number of carbonyl (C=O) groups excluding carboxylic acids is 1. The van der Waals surface area contributed by atoms with Crippen molar-refractivity contribution < 1.29 is 14.6 Å². The van der Waals surface area contributed by atoms with E-state index in [2.05, 4.69) is 20.9 Å². The van der Waals surface area contributed by atoms with Gasteiger partial charge in [-0.25, -0.2) is 4.99 Å². The van der Waals surface area contributed by atoms with Crippen LogP contribution in [0.15, 0.2) is 53.5 Å². The van der Waals surface area contributed by atoms with Crippen molar-refractivity contribution in [2.45, 2.75) is 46.4 Å². The molecule has 0 bridgehead atoms. The summed E-state index contributed by atoms with van der Waals surface area (Å²) < 4.78 is 5.70. The Morgan fingerprint density at radius 2 is 1.77 bits per heavy atom. The van der Waals surface area contributed by atoms with Crippen molar-refractivity contribution in [2.75, 3.05) is 19.6 Å². The zero-order chi connectivity index (χ0) is 22.6. The minimum absolute atomic E-state index is 0.0737. The van der Waals surface area contributed by atoms with Crippen LogP contribution < -0.4 is 20.7 Å². The first-order valence-electron chi connectivity index (χ1n) is 10.8. The number of hydrogen-bond donors (Lipinski definition) is 4. The zero-order valence-corrected chi connectivity index (χ0v) is 18.8. The van der Waals surface area contributed by atoms with Crippen molar-refractivity contribution in [3.8, 4) is 5.75 Å². The van der Waals surface area contributed by atoms with Gasteiger partial charge in [0.2, 0.25) is 0 Å². The number of amides is 1. The molecule has 168 valence electrons. The summed E-state index contributed by atoms with van der Waals surface area (Å²) in [4.78, 5) is 16.6. The molecule has 1 atom stereocenters. The lowest BCUT2D eigenvalue weighted by Gasteiger charge is -2.17. The third-order valence-electron chi connectivity index (χ3n) is 4.37. The number of hydrogen-bond acceptors (Lipinski definition) is 4. The van der Waals surface area contributed by atoms with E-state index in [0.717, 1.165) is 16.9 Å². The number of benzene rings is 2. The van der Waals surface area contributed by atoms with Crippen LogP contribution in [-0.2, 0) is 6.54 Å². The number of ether oxygens (including phenoxy) is 1. The van der Waals surface area contributed by atoms with Crippen LogP contribution in [0.4, 0.5) is 0 Å². The van der Waals surface area contributed by atoms with Gasteiger partial charge in [0.1, 0.15) is 5.75 Å². The normalized spacial score (nSPS) is 12.4. The molecule has 31 heavy (non-hydrogen) atoms. The second-order valence-electron chi connectivity index (χ2n) is 7.39. The van der Waals surface area contributed by atoms with Crippen LogP contribution in [0.5, 0.6) is 5.75 Å². The molecule has 7 nitrogen and oxygen atoms in total. The molecule has 2 aromatic rings. The number of aliphatic hydroxyl groups is 1. The quantitative estimate of drug-likeness (QED) is 0.346. The van der Waals surface area contributed by atoms with Gasteiger partial charge in [-0.05, 0) is 63.1 Å². The molecule has 1 amide bonds. The molecule has 2 rings (SSSR count). The first-order chi connectivity index (χ1) is 14.9. The van der Waals surface area contributed by atoms with Crippen molar-refractivity contribution in [2.24, 2.45) is 4.99 Å². The Kier molecular flexibility index (Phi) is 9.84. The van der Waals surface area contributed by atoms with Gasteiger partial charge in [0.05, 0.1) is 18.8 Å². The average Bonchev–Trinajstić information content (AvgIpc) is 2.75. The first-order valence-corrected chi connectivity index (χ1v) is 10.8. The van der Waals surface area contributed by atoms with Gasteiger partial charge in [0.25, 0.3) is 5.91 Å². The number of rotatable bonds is 10. The van der Waals surface area contributed by atoms with Crippen LogP contribution in [0.2, 0.25) is 0 Å². The Labute approximate surface area is 184 Å². The monoisotopic (exact) mass is 426 g/mol. The fourth-order valence-electron chi connectivity index (χ4n) is 2.96. The highest BCUT2D eigenvalue weighted by Gasteiger charge is 2.10. The van der Waals surface area contributed by atoms with Gasteiger partial charge in [-0.1, -0.05) is 24.3 Å². The maximum absolute atomic E-state index is 12.0. The van der Waals surface area contributed by atoms with Crippen LogP contribution >= 0.6 is 0 Å². The van der Waals surface area contributed by atoms with E-state index in [4.69, 9.17) is 4.74 Å². The molecule has 0 aromatic heterocycles. The molecule has 0 aliphatic heterocycles. The van der Waals surface area contributed by atoms with E-state index >= 15 is 0 Å². The van der Waals surface area contributed by atoms with Gasteiger partial charge in [0, 0.05) is 25.2 Å². The predicted octanol–water partition coefficient (Wildman–Crippen LogP) is 3.01. The second kappa shape index (κ2) is 12.6. The standard InChI is InChI=1S/C24H34N4O3/c1-5-25-23(30)20-11-7-9-18(13-20)15-27-24(26-6-2)28-16-22(29)19-10-8-12-21(14-19)31-17(3)4/h7-14,17,22,29H,5-6,15-16H2,1-4H3,(H,25,30)(H2,26,27,28). The third kappa shape index (κ3) is 8.30. The molecular weight excluding hydrogens is 392 g/mol. The molecule has 0 radical (unpaired) electrons. The number of aliphatic imine (C=N–C) groups is 1. The fourth-order valence-corrected chi connectivity index (χ4v) is 2.96. The van der Waals surface area contributed by atoms with Gasteiger partial charge >= 0.3 is 0 Å². The van der Waals surface area contributed by atoms with Crippen molar-refractivity contribution in [1.82, 2.24) is 16.0 Å². The molecule has 2 aromatic carbocycles. The molecule has 7 heteroatoms. The molecule has 4 N–H and O–H groups in total. The Morgan fingerprint density at radius 3 is 2.48 bits per heavy atom. The van der Waals surface area contributed by atoms with Crippen LogP contribution in [0.3, 0.4) is 0 Å². The lowest BCUT2D eigenvalue weighted by atomic mass is 10.1. The predicted molar refractivity (Wildman–Crippen MR) is 124 cm³/mol. The van der Waals surface area contributed by atoms with Gasteiger partial charge in [-0.15, -0.1) is 0 Å². The molecule has 0 saturated carbocycles. The Hall–Kier alpha value is -3.06. The summed E-state index contributed by atoms with van der Waals surface area (Å²) in [7, 11) is 0. The van der Waals surface area contributed by atoms with E-state index in [-0.39, 0.29) is 12.0 Å². The lowest BCUT2D eigenvalue weighted by Crippen LogP contribution is -2.39. The van der Waals surface area contributed by atoms with Crippen molar-refractivity contribution in [3.05, 3.63) is 65.2 Å². The lowest BCUT2D eigenvalue weighted by molar-refractivity contribution is 0.0955. The summed E-state index contributed by atoms with van der Waals surface area (Å²) in [6.45, 7) is 9.80. The molecule has 0 aliphatic carbocycles. The van der Waals surface area contributed by atoms with Gasteiger partial charge < -0.3 is 25.8 Å². The minimum atomic E-state index is -0.708. The Balaban J connectivity index is 2.00. The minimum Gasteiger partial charge on any atom is -0.491 e. The number of nitrogens with one attached hydrogen (secondary N) is 3. The highest BCUT2D eigenvalue weighted by Crippen LogP contribution is 2.20. The second-order valence-corrected chi connectivity index (χ2v) is 7.39. The first kappa shape index (κ1) is 24.2. The molecule has 0 aliphatic rings. The number of nitrogens with zero attached hydrogens (tertiary/aromatic N) is 1. The highest BCUT2D eigenvalue weighted by molar-refractivity contribution is 5.94. The van der Waals surface area contributed by atoms with E-state index in [1.54, 1.807) is 6.07 Å². The zero-order valence-electron chi connectivity index (χ0n) is 18.8. The topological polar surface area (TPSA) is 95.0 Å². The van der Waals surface area contributed by atoms with Crippen molar-refractivity contribution in [3.63, 3.8) is 0 Å². The fraction of sp³-hybridized carbons (Fsp3) is 0.417. The maximum atomic E-state index is 12.0. The maximum Gasteiger partial charge on any atom is 0.251 e. The molecule has 0 fully saturated rings. The summed E-state index contributed by atoms with van der Waals surface area (Å²) in [5.74, 6) is 1.24. The van der Waals surface area contributed by atoms with Crippen LogP contribution in [0.1, 0.15) is 55.3 Å². The van der Waals surface area contributed by atoms with E-state index < -0.39 is 6.10 Å². The molecule has 0 heterocycles. The highest BCUT2D eigenvalue weighted by atomic mass is 16.5. The Morgan fingerprint density at radius 1 is 1.03 bits per heavy atom. The largest absolute Gasteiger partial charge is 0.491 e. The van der Waals surface area contributed by atoms with Crippen LogP contribution in [0, 0.1) is 0 Å². The summed E-state index contributed by atoms with van der Waals surface area (Å²) in [5, 5.41) is 19.7. The van der Waals surface area contributed by atoms with Crippen LogP contribution in [0.25, 0.3) is 0 Å². The number of aliphatic hydroxyl groups excluding tert-OH is 1. The summed E-state index contributed by atoms with van der Waals surface area (Å²) in [5.41, 5.74) is 2.32. The summed E-state index contributed by atoms with van der Waals surface area (Å²) in [6.07, 6.45) is -0.634.